The molecule has 0 unspecified atom stereocenters. The van der Waals surface area contributed by atoms with E-state index in [9.17, 15) is 0 Å². The van der Waals surface area contributed by atoms with E-state index in [1.54, 1.807) is 0 Å². The van der Waals surface area contributed by atoms with E-state index in [-0.39, 0.29) is 5.54 Å². The van der Waals surface area contributed by atoms with Gasteiger partial charge in [0.1, 0.15) is 12.4 Å². The number of ether oxygens (including phenoxy) is 1. The van der Waals surface area contributed by atoms with Gasteiger partial charge in [-0.2, -0.15) is 0 Å². The number of nitrogens with two attached hydrogens (primary N) is 1. The first-order valence-corrected chi connectivity index (χ1v) is 7.54. The van der Waals surface area contributed by atoms with Crippen molar-refractivity contribution in [3.8, 4) is 0 Å². The summed E-state index contributed by atoms with van der Waals surface area (Å²) in [4.78, 5) is 0. The van der Waals surface area contributed by atoms with Gasteiger partial charge in [0.05, 0.1) is 6.61 Å². The average Bonchev–Trinajstić information content (AvgIpc) is 2.83. The largest absolute Gasteiger partial charge is 0.372 e. The molecule has 1 saturated carbocycles. The maximum Gasteiger partial charge on any atom is 0.159 e. The third kappa shape index (κ3) is 2.98. The fourth-order valence-corrected chi connectivity index (χ4v) is 3.22. The molecule has 0 radical (unpaired) electrons. The Bertz CT molecular complexity index is 423. The lowest BCUT2D eigenvalue weighted by Crippen LogP contribution is -2.46. The van der Waals surface area contributed by atoms with E-state index in [1.807, 2.05) is 0 Å². The maximum atomic E-state index is 6.37. The zero-order valence-electron chi connectivity index (χ0n) is 11.6. The van der Waals surface area contributed by atoms with Crippen LogP contribution in [0.25, 0.3) is 0 Å². The van der Waals surface area contributed by atoms with E-state index in [2.05, 4.69) is 14.8 Å². The van der Waals surface area contributed by atoms with Crippen molar-refractivity contribution in [2.45, 2.75) is 70.1 Å². The van der Waals surface area contributed by atoms with Crippen LogP contribution in [-0.4, -0.2) is 26.9 Å². The Kier molecular flexibility index (Phi) is 3.84. The fraction of sp³-hybridized carbons (Fsp3) is 0.857. The van der Waals surface area contributed by atoms with Gasteiger partial charge >= 0.3 is 0 Å². The van der Waals surface area contributed by atoms with E-state index < -0.39 is 0 Å². The molecule has 0 atom stereocenters. The van der Waals surface area contributed by atoms with Gasteiger partial charge in [-0.1, -0.05) is 19.3 Å². The molecule has 2 N–H and O–H groups in total. The molecule has 0 saturated heterocycles. The van der Waals surface area contributed by atoms with Gasteiger partial charge in [-0.15, -0.1) is 10.2 Å². The number of nitrogens with zero attached hydrogens (tertiary/aromatic N) is 3. The Morgan fingerprint density at radius 1 is 1.11 bits per heavy atom. The molecule has 2 aliphatic rings. The molecule has 5 heteroatoms. The van der Waals surface area contributed by atoms with Gasteiger partial charge in [0.15, 0.2) is 5.82 Å². The van der Waals surface area contributed by atoms with Crippen LogP contribution in [0.4, 0.5) is 0 Å². The standard InChI is InChI=1S/C14H24N4O/c15-14(7-3-1-4-8-14)11-19-10-13-17-16-12-6-2-5-9-18(12)13/h1-11,15H2. The molecule has 0 amide bonds. The van der Waals surface area contributed by atoms with Gasteiger partial charge in [-0.25, -0.2) is 0 Å². The average molecular weight is 264 g/mol. The summed E-state index contributed by atoms with van der Waals surface area (Å²) in [6.45, 7) is 2.23. The summed E-state index contributed by atoms with van der Waals surface area (Å²) in [5, 5.41) is 8.49. The quantitative estimate of drug-likeness (QED) is 0.900. The van der Waals surface area contributed by atoms with Crippen LogP contribution in [0.3, 0.4) is 0 Å². The number of rotatable bonds is 4. The highest BCUT2D eigenvalue weighted by atomic mass is 16.5. The van der Waals surface area contributed by atoms with Crippen LogP contribution in [0.5, 0.6) is 0 Å². The molecule has 0 bridgehead atoms. The van der Waals surface area contributed by atoms with Crippen LogP contribution < -0.4 is 5.73 Å². The Morgan fingerprint density at radius 2 is 1.95 bits per heavy atom. The molecule has 3 rings (SSSR count). The third-order valence-corrected chi connectivity index (χ3v) is 4.41. The van der Waals surface area contributed by atoms with Gasteiger partial charge < -0.3 is 15.0 Å². The summed E-state index contributed by atoms with van der Waals surface area (Å²) in [5.74, 6) is 2.08. The number of hydrogen-bond donors (Lipinski definition) is 1. The lowest BCUT2D eigenvalue weighted by atomic mass is 9.83. The van der Waals surface area contributed by atoms with E-state index in [0.717, 1.165) is 37.5 Å². The van der Waals surface area contributed by atoms with E-state index in [1.165, 1.54) is 32.1 Å². The Morgan fingerprint density at radius 3 is 2.79 bits per heavy atom. The molecular formula is C14H24N4O. The number of hydrogen-bond acceptors (Lipinski definition) is 4. The van der Waals surface area contributed by atoms with E-state index in [0.29, 0.717) is 13.2 Å². The molecule has 1 aromatic heterocycles. The normalized spacial score (nSPS) is 22.2. The molecule has 0 aromatic carbocycles. The van der Waals surface area contributed by atoms with E-state index >= 15 is 0 Å². The second kappa shape index (κ2) is 5.59. The molecule has 5 nitrogen and oxygen atoms in total. The van der Waals surface area contributed by atoms with Crippen molar-refractivity contribution in [3.63, 3.8) is 0 Å². The van der Waals surface area contributed by atoms with Crippen molar-refractivity contribution < 1.29 is 4.74 Å². The molecule has 1 aromatic rings. The Hall–Kier alpha value is -0.940. The topological polar surface area (TPSA) is 66.0 Å². The van der Waals surface area contributed by atoms with Gasteiger partial charge in [0.25, 0.3) is 0 Å². The van der Waals surface area contributed by atoms with Crippen LogP contribution >= 0.6 is 0 Å². The van der Waals surface area contributed by atoms with Crippen molar-refractivity contribution in [1.82, 2.24) is 14.8 Å². The van der Waals surface area contributed by atoms with Crippen molar-refractivity contribution in [2.24, 2.45) is 5.73 Å². The van der Waals surface area contributed by atoms with Crippen LogP contribution in [0, 0.1) is 0 Å². The molecule has 1 aliphatic carbocycles. The van der Waals surface area contributed by atoms with Crippen molar-refractivity contribution in [2.75, 3.05) is 6.61 Å². The van der Waals surface area contributed by atoms with Crippen LogP contribution in [0.1, 0.15) is 56.6 Å². The number of aromatic nitrogens is 3. The van der Waals surface area contributed by atoms with Crippen molar-refractivity contribution >= 4 is 0 Å². The highest BCUT2D eigenvalue weighted by molar-refractivity contribution is 4.98. The molecule has 2 heterocycles. The van der Waals surface area contributed by atoms with Crippen LogP contribution in [0.15, 0.2) is 0 Å². The van der Waals surface area contributed by atoms with Crippen LogP contribution in [0.2, 0.25) is 0 Å². The lowest BCUT2D eigenvalue weighted by molar-refractivity contribution is 0.0521. The highest BCUT2D eigenvalue weighted by Crippen LogP contribution is 2.26. The molecule has 1 aliphatic heterocycles. The lowest BCUT2D eigenvalue weighted by Gasteiger charge is -2.32. The highest BCUT2D eigenvalue weighted by Gasteiger charge is 2.27. The van der Waals surface area contributed by atoms with E-state index in [4.69, 9.17) is 10.5 Å². The monoisotopic (exact) mass is 264 g/mol. The van der Waals surface area contributed by atoms with Crippen molar-refractivity contribution in [1.29, 1.82) is 0 Å². The minimum Gasteiger partial charge on any atom is -0.372 e. The summed E-state index contributed by atoms with van der Waals surface area (Å²) in [7, 11) is 0. The summed E-state index contributed by atoms with van der Waals surface area (Å²) >= 11 is 0. The number of aryl methyl sites for hydroxylation is 1. The first-order chi connectivity index (χ1) is 9.27. The minimum absolute atomic E-state index is 0.108. The van der Waals surface area contributed by atoms with Gasteiger partial charge in [0.2, 0.25) is 0 Å². The Balaban J connectivity index is 1.53. The van der Waals surface area contributed by atoms with Crippen LogP contribution in [-0.2, 0) is 24.3 Å². The predicted octanol–water partition coefficient (Wildman–Crippen LogP) is 1.79. The smallest absolute Gasteiger partial charge is 0.159 e. The molecule has 106 valence electrons. The molecular weight excluding hydrogens is 240 g/mol. The predicted molar refractivity (Wildman–Crippen MR) is 72.6 cm³/mol. The number of fused-ring (bicyclic) bond motifs is 1. The van der Waals surface area contributed by atoms with Crippen molar-refractivity contribution in [3.05, 3.63) is 11.6 Å². The first-order valence-electron chi connectivity index (χ1n) is 7.54. The zero-order chi connectivity index (χ0) is 13.1. The Labute approximate surface area is 114 Å². The summed E-state index contributed by atoms with van der Waals surface area (Å²) in [6, 6.07) is 0. The fourth-order valence-electron chi connectivity index (χ4n) is 3.22. The first kappa shape index (κ1) is 13.1. The third-order valence-electron chi connectivity index (χ3n) is 4.41. The summed E-state index contributed by atoms with van der Waals surface area (Å²) in [6.07, 6.45) is 9.46. The zero-order valence-corrected chi connectivity index (χ0v) is 11.6. The molecule has 1 fully saturated rings. The second-order valence-corrected chi connectivity index (χ2v) is 6.06. The van der Waals surface area contributed by atoms with Gasteiger partial charge in [0, 0.05) is 18.5 Å². The molecule has 0 spiro atoms. The summed E-state index contributed by atoms with van der Waals surface area (Å²) in [5.41, 5.74) is 6.26. The van der Waals surface area contributed by atoms with Gasteiger partial charge in [-0.3, -0.25) is 0 Å². The summed E-state index contributed by atoms with van der Waals surface area (Å²) < 4.78 is 8.05. The molecule has 19 heavy (non-hydrogen) atoms. The minimum atomic E-state index is -0.108. The maximum absolute atomic E-state index is 6.37. The van der Waals surface area contributed by atoms with Gasteiger partial charge in [-0.05, 0) is 25.7 Å². The SMILES string of the molecule is NC1(COCc2nnc3n2CCCC3)CCCCC1. The second-order valence-electron chi connectivity index (χ2n) is 6.06.